The Labute approximate surface area is 223 Å². The molecule has 0 atom stereocenters. The van der Waals surface area contributed by atoms with Gasteiger partial charge in [0.25, 0.3) is 5.56 Å². The van der Waals surface area contributed by atoms with E-state index in [0.29, 0.717) is 35.3 Å². The Morgan fingerprint density at radius 1 is 1.11 bits per heavy atom. The highest BCUT2D eigenvalue weighted by Gasteiger charge is 2.22. The lowest BCUT2D eigenvalue weighted by atomic mass is 10.1. The molecule has 0 aromatic carbocycles. The first-order valence-electron chi connectivity index (χ1n) is 11.9. The number of ether oxygens (including phenoxy) is 1. The second-order valence-electron chi connectivity index (χ2n) is 9.25. The largest absolute Gasteiger partial charge is 0.485 e. The number of hydrogen-bond donors (Lipinski definition) is 1. The van der Waals surface area contributed by atoms with E-state index in [4.69, 9.17) is 16.3 Å². The second kappa shape index (κ2) is 10.9. The van der Waals surface area contributed by atoms with E-state index >= 15 is 0 Å². The van der Waals surface area contributed by atoms with E-state index < -0.39 is 22.8 Å². The van der Waals surface area contributed by atoms with Crippen molar-refractivity contribution in [3.8, 4) is 22.8 Å². The highest BCUT2D eigenvalue weighted by molar-refractivity contribution is 6.31. The van der Waals surface area contributed by atoms with Crippen molar-refractivity contribution in [2.75, 3.05) is 0 Å². The van der Waals surface area contributed by atoms with Gasteiger partial charge in [-0.15, -0.1) is 0 Å². The van der Waals surface area contributed by atoms with Crippen molar-refractivity contribution in [3.63, 3.8) is 0 Å². The van der Waals surface area contributed by atoms with Crippen LogP contribution in [0.5, 0.6) is 5.75 Å². The standard InChI is InChI=1S/C27H26ClF2N5O3/c1-5-6-16-12-32-20(19-7-8-31-26(34-19)27(3,4)37)11-22(16)35-15(2)9-23(24(28)25(35)36)38-14-21-18(30)10-17(29)13-33-21/h7-13,37H,5-6,14H2,1-4H3. The Kier molecular flexibility index (Phi) is 7.84. The first-order chi connectivity index (χ1) is 18.0. The molecule has 0 radical (unpaired) electrons. The van der Waals surface area contributed by atoms with Gasteiger partial charge >= 0.3 is 0 Å². The summed E-state index contributed by atoms with van der Waals surface area (Å²) < 4.78 is 34.2. The summed E-state index contributed by atoms with van der Waals surface area (Å²) in [6.45, 7) is 6.56. The Bertz CT molecular complexity index is 1550. The average Bonchev–Trinajstić information content (AvgIpc) is 2.87. The maximum absolute atomic E-state index is 14.0. The number of aromatic nitrogens is 5. The van der Waals surface area contributed by atoms with Gasteiger partial charge in [-0.25, -0.2) is 18.7 Å². The highest BCUT2D eigenvalue weighted by atomic mass is 35.5. The van der Waals surface area contributed by atoms with Gasteiger partial charge in [-0.2, -0.15) is 0 Å². The van der Waals surface area contributed by atoms with Gasteiger partial charge in [0.05, 0.1) is 23.3 Å². The SMILES string of the molecule is CCCc1cnc(-c2ccnc(C(C)(C)O)n2)cc1-n1c(C)cc(OCc2ncc(F)cc2F)c(Cl)c1=O. The number of rotatable bonds is 8. The van der Waals surface area contributed by atoms with Gasteiger partial charge in [0, 0.05) is 30.2 Å². The zero-order valence-electron chi connectivity index (χ0n) is 21.3. The number of aliphatic hydroxyl groups is 1. The van der Waals surface area contributed by atoms with Crippen LogP contribution < -0.4 is 10.3 Å². The van der Waals surface area contributed by atoms with E-state index in [1.807, 2.05) is 6.92 Å². The van der Waals surface area contributed by atoms with Crippen molar-refractivity contribution in [3.05, 3.63) is 92.6 Å². The molecule has 0 saturated heterocycles. The maximum Gasteiger partial charge on any atom is 0.277 e. The number of hydrogen-bond acceptors (Lipinski definition) is 7. The van der Waals surface area contributed by atoms with Crippen molar-refractivity contribution in [1.29, 1.82) is 0 Å². The molecule has 0 bridgehead atoms. The molecule has 0 unspecified atom stereocenters. The van der Waals surface area contributed by atoms with Crippen LogP contribution in [0.3, 0.4) is 0 Å². The maximum atomic E-state index is 14.0. The quantitative estimate of drug-likeness (QED) is 0.331. The average molecular weight is 542 g/mol. The third kappa shape index (κ3) is 5.71. The molecule has 0 saturated carbocycles. The molecule has 4 heterocycles. The van der Waals surface area contributed by atoms with Gasteiger partial charge < -0.3 is 9.84 Å². The predicted octanol–water partition coefficient (Wildman–Crippen LogP) is 5.08. The van der Waals surface area contributed by atoms with Crippen LogP contribution in [0.4, 0.5) is 8.78 Å². The van der Waals surface area contributed by atoms with Crippen molar-refractivity contribution in [2.24, 2.45) is 0 Å². The lowest BCUT2D eigenvalue weighted by Crippen LogP contribution is -2.23. The monoisotopic (exact) mass is 541 g/mol. The molecular weight excluding hydrogens is 516 g/mol. The topological polar surface area (TPSA) is 103 Å². The molecule has 4 aromatic heterocycles. The summed E-state index contributed by atoms with van der Waals surface area (Å²) in [5, 5.41) is 10.1. The Morgan fingerprint density at radius 2 is 1.87 bits per heavy atom. The molecule has 8 nitrogen and oxygen atoms in total. The molecule has 0 aliphatic rings. The summed E-state index contributed by atoms with van der Waals surface area (Å²) in [6, 6.07) is 5.68. The van der Waals surface area contributed by atoms with Crippen LogP contribution in [0.15, 0.2) is 47.7 Å². The molecule has 38 heavy (non-hydrogen) atoms. The number of pyridine rings is 3. The molecular formula is C27H26ClF2N5O3. The Balaban J connectivity index is 1.77. The zero-order valence-corrected chi connectivity index (χ0v) is 22.1. The van der Waals surface area contributed by atoms with Crippen molar-refractivity contribution in [1.82, 2.24) is 24.5 Å². The Hall–Kier alpha value is -3.76. The van der Waals surface area contributed by atoms with Crippen molar-refractivity contribution >= 4 is 11.6 Å². The normalized spacial score (nSPS) is 11.6. The molecule has 0 fully saturated rings. The first-order valence-corrected chi connectivity index (χ1v) is 12.3. The minimum absolute atomic E-state index is 0.0490. The van der Waals surface area contributed by atoms with Gasteiger partial charge in [0.2, 0.25) is 0 Å². The van der Waals surface area contributed by atoms with Gasteiger partial charge in [0.1, 0.15) is 34.5 Å². The molecule has 0 spiro atoms. The molecule has 198 valence electrons. The van der Waals surface area contributed by atoms with Crippen LogP contribution in [-0.4, -0.2) is 29.6 Å². The minimum atomic E-state index is -1.25. The third-order valence-electron chi connectivity index (χ3n) is 5.74. The Morgan fingerprint density at radius 3 is 2.55 bits per heavy atom. The van der Waals surface area contributed by atoms with Gasteiger partial charge in [-0.05, 0) is 44.9 Å². The van der Waals surface area contributed by atoms with E-state index in [2.05, 4.69) is 19.9 Å². The van der Waals surface area contributed by atoms with Crippen LogP contribution in [0.2, 0.25) is 5.02 Å². The molecule has 0 aliphatic carbocycles. The smallest absolute Gasteiger partial charge is 0.277 e. The number of halogens is 3. The number of nitrogens with zero attached hydrogens (tertiary/aromatic N) is 5. The molecule has 0 aliphatic heterocycles. The van der Waals surface area contributed by atoms with Crippen LogP contribution in [0.1, 0.15) is 50.0 Å². The first kappa shape index (κ1) is 27.3. The van der Waals surface area contributed by atoms with Crippen LogP contribution in [0, 0.1) is 18.6 Å². The predicted molar refractivity (Wildman–Crippen MR) is 138 cm³/mol. The van der Waals surface area contributed by atoms with Crippen molar-refractivity contribution < 1.29 is 18.6 Å². The fraction of sp³-hybridized carbons (Fsp3) is 0.296. The molecule has 4 rings (SSSR count). The number of aryl methyl sites for hydroxylation is 2. The fourth-order valence-corrected chi connectivity index (χ4v) is 4.05. The lowest BCUT2D eigenvalue weighted by molar-refractivity contribution is 0.0688. The molecule has 4 aromatic rings. The third-order valence-corrected chi connectivity index (χ3v) is 6.08. The summed E-state index contributed by atoms with van der Waals surface area (Å²) >= 11 is 6.41. The van der Waals surface area contributed by atoms with Crippen LogP contribution in [0.25, 0.3) is 17.1 Å². The lowest BCUT2D eigenvalue weighted by Gasteiger charge is -2.18. The van der Waals surface area contributed by atoms with Crippen LogP contribution in [-0.2, 0) is 18.6 Å². The second-order valence-corrected chi connectivity index (χ2v) is 9.63. The van der Waals surface area contributed by atoms with E-state index in [0.717, 1.165) is 18.2 Å². The summed E-state index contributed by atoms with van der Waals surface area (Å²) in [5.41, 5.74) is 0.955. The van der Waals surface area contributed by atoms with Crippen LogP contribution >= 0.6 is 11.6 Å². The summed E-state index contributed by atoms with van der Waals surface area (Å²) in [6.07, 6.45) is 5.57. The summed E-state index contributed by atoms with van der Waals surface area (Å²) in [5.74, 6) is -1.38. The van der Waals surface area contributed by atoms with E-state index in [9.17, 15) is 18.7 Å². The van der Waals surface area contributed by atoms with Gasteiger partial charge in [0.15, 0.2) is 11.6 Å². The molecule has 1 N–H and O–H groups in total. The summed E-state index contributed by atoms with van der Waals surface area (Å²) in [7, 11) is 0. The zero-order chi connectivity index (χ0) is 27.6. The molecule has 11 heteroatoms. The van der Waals surface area contributed by atoms with Gasteiger partial charge in [-0.3, -0.25) is 19.3 Å². The summed E-state index contributed by atoms with van der Waals surface area (Å²) in [4.78, 5) is 30.3. The molecule has 0 amide bonds. The van der Waals surface area contributed by atoms with E-state index in [1.54, 1.807) is 45.2 Å². The van der Waals surface area contributed by atoms with E-state index in [1.165, 1.54) is 10.8 Å². The highest BCUT2D eigenvalue weighted by Crippen LogP contribution is 2.28. The fourth-order valence-electron chi connectivity index (χ4n) is 3.86. The van der Waals surface area contributed by atoms with Crippen molar-refractivity contribution in [2.45, 2.75) is 52.7 Å². The van der Waals surface area contributed by atoms with Gasteiger partial charge in [-0.1, -0.05) is 24.9 Å². The van der Waals surface area contributed by atoms with E-state index in [-0.39, 0.29) is 28.9 Å². The minimum Gasteiger partial charge on any atom is -0.485 e.